The molecule has 2 rings (SSSR count). The van der Waals surface area contributed by atoms with E-state index in [1.807, 2.05) is 43.3 Å². The van der Waals surface area contributed by atoms with Crippen molar-refractivity contribution >= 4 is 17.8 Å². The van der Waals surface area contributed by atoms with E-state index < -0.39 is 0 Å². The van der Waals surface area contributed by atoms with Crippen LogP contribution in [0, 0.1) is 0 Å². The molecule has 22 heavy (non-hydrogen) atoms. The molecule has 0 bridgehead atoms. The molecule has 0 amide bonds. The topological polar surface area (TPSA) is 42.8 Å². The van der Waals surface area contributed by atoms with E-state index in [0.29, 0.717) is 29.7 Å². The van der Waals surface area contributed by atoms with Crippen LogP contribution in [0.3, 0.4) is 0 Å². The highest BCUT2D eigenvalue weighted by Crippen LogP contribution is 2.35. The Balaban J connectivity index is 2.04. The van der Waals surface area contributed by atoms with Crippen LogP contribution in [-0.2, 0) is 6.54 Å². The van der Waals surface area contributed by atoms with E-state index in [-0.39, 0.29) is 0 Å². The van der Waals surface area contributed by atoms with Crippen molar-refractivity contribution in [3.8, 4) is 11.5 Å². The number of ether oxygens (including phenoxy) is 2. The summed E-state index contributed by atoms with van der Waals surface area (Å²) in [6, 6.07) is 13.7. The van der Waals surface area contributed by atoms with Gasteiger partial charge in [-0.05, 0) is 30.2 Å². The van der Waals surface area contributed by atoms with Crippen molar-refractivity contribution < 1.29 is 9.47 Å². The van der Waals surface area contributed by atoms with E-state index >= 15 is 0 Å². The number of methoxy groups -OCH3 is 1. The van der Waals surface area contributed by atoms with Gasteiger partial charge in [0.2, 0.25) is 0 Å². The third-order valence-electron chi connectivity index (χ3n) is 2.97. The summed E-state index contributed by atoms with van der Waals surface area (Å²) < 4.78 is 10.8. The van der Waals surface area contributed by atoms with Crippen LogP contribution in [0.1, 0.15) is 18.1 Å². The van der Waals surface area contributed by atoms with Gasteiger partial charge in [-0.2, -0.15) is 5.10 Å². The molecule has 2 aromatic carbocycles. The Morgan fingerprint density at radius 2 is 2.00 bits per heavy atom. The SMILES string of the molecule is CCOc1cc(C=NNCc2ccccc2)cc(Cl)c1OC. The van der Waals surface area contributed by atoms with E-state index in [4.69, 9.17) is 21.1 Å². The van der Waals surface area contributed by atoms with Crippen LogP contribution >= 0.6 is 11.6 Å². The average Bonchev–Trinajstić information content (AvgIpc) is 2.53. The van der Waals surface area contributed by atoms with Gasteiger partial charge in [0.05, 0.1) is 31.5 Å². The fraction of sp³-hybridized carbons (Fsp3) is 0.235. The third-order valence-corrected chi connectivity index (χ3v) is 3.25. The summed E-state index contributed by atoms with van der Waals surface area (Å²) in [5, 5.41) is 4.70. The lowest BCUT2D eigenvalue weighted by atomic mass is 10.2. The number of hydrogen-bond donors (Lipinski definition) is 1. The molecule has 5 heteroatoms. The number of benzene rings is 2. The van der Waals surface area contributed by atoms with Crippen LogP contribution in [-0.4, -0.2) is 19.9 Å². The molecule has 0 aromatic heterocycles. The normalized spacial score (nSPS) is 10.7. The number of nitrogens with zero attached hydrogens (tertiary/aromatic N) is 1. The van der Waals surface area contributed by atoms with Gasteiger partial charge in [0.15, 0.2) is 11.5 Å². The predicted octanol–water partition coefficient (Wildman–Crippen LogP) is 3.87. The highest BCUT2D eigenvalue weighted by molar-refractivity contribution is 6.32. The molecule has 0 aliphatic rings. The molecule has 2 aromatic rings. The van der Waals surface area contributed by atoms with Gasteiger partial charge >= 0.3 is 0 Å². The van der Waals surface area contributed by atoms with Gasteiger partial charge in [-0.15, -0.1) is 0 Å². The Kier molecular flexibility index (Phi) is 6.10. The maximum atomic E-state index is 6.19. The first kappa shape index (κ1) is 16.2. The molecule has 4 nitrogen and oxygen atoms in total. The van der Waals surface area contributed by atoms with E-state index in [1.165, 1.54) is 5.56 Å². The number of hydrazone groups is 1. The predicted molar refractivity (Wildman–Crippen MR) is 90.0 cm³/mol. The van der Waals surface area contributed by atoms with Crippen LogP contribution in [0.5, 0.6) is 11.5 Å². The van der Waals surface area contributed by atoms with Gasteiger partial charge < -0.3 is 14.9 Å². The third kappa shape index (κ3) is 4.40. The summed E-state index contributed by atoms with van der Waals surface area (Å²) in [4.78, 5) is 0. The molecule has 0 heterocycles. The minimum atomic E-state index is 0.498. The molecule has 0 fully saturated rings. The van der Waals surface area contributed by atoms with Gasteiger partial charge in [0.1, 0.15) is 0 Å². The molecule has 1 N–H and O–H groups in total. The van der Waals surface area contributed by atoms with Crippen LogP contribution in [0.25, 0.3) is 0 Å². The second-order valence-corrected chi connectivity index (χ2v) is 4.95. The largest absolute Gasteiger partial charge is 0.491 e. The first-order valence-corrected chi connectivity index (χ1v) is 7.42. The van der Waals surface area contributed by atoms with Crippen molar-refractivity contribution in [3.05, 3.63) is 58.6 Å². The zero-order valence-electron chi connectivity index (χ0n) is 12.7. The van der Waals surface area contributed by atoms with E-state index in [9.17, 15) is 0 Å². The molecule has 0 saturated heterocycles. The highest BCUT2D eigenvalue weighted by atomic mass is 35.5. The molecule has 116 valence electrons. The summed E-state index contributed by atoms with van der Waals surface area (Å²) in [5.74, 6) is 1.15. The lowest BCUT2D eigenvalue weighted by Gasteiger charge is -2.11. The lowest BCUT2D eigenvalue weighted by Crippen LogP contribution is -2.05. The number of hydrogen-bond acceptors (Lipinski definition) is 4. The standard InChI is InChI=1S/C17H19ClN2O2/c1-3-22-16-10-14(9-15(18)17(16)21-2)12-20-19-11-13-7-5-4-6-8-13/h4-10,12,19H,3,11H2,1-2H3. The number of halogens is 1. The van der Waals surface area contributed by atoms with Crippen LogP contribution < -0.4 is 14.9 Å². The lowest BCUT2D eigenvalue weighted by molar-refractivity contribution is 0.311. The molecule has 0 atom stereocenters. The second-order valence-electron chi connectivity index (χ2n) is 4.55. The second kappa shape index (κ2) is 8.29. The first-order chi connectivity index (χ1) is 10.7. The minimum Gasteiger partial charge on any atom is -0.491 e. The van der Waals surface area contributed by atoms with E-state index in [0.717, 1.165) is 5.56 Å². The Morgan fingerprint density at radius 1 is 1.23 bits per heavy atom. The summed E-state index contributed by atoms with van der Waals surface area (Å²) in [6.07, 6.45) is 1.71. The Hall–Kier alpha value is -2.20. The van der Waals surface area contributed by atoms with Gasteiger partial charge in [-0.25, -0.2) is 0 Å². The average molecular weight is 319 g/mol. The quantitative estimate of drug-likeness (QED) is 0.622. The van der Waals surface area contributed by atoms with Crippen LogP contribution in [0.4, 0.5) is 0 Å². The van der Waals surface area contributed by atoms with Crippen LogP contribution in [0.15, 0.2) is 47.6 Å². The van der Waals surface area contributed by atoms with Gasteiger partial charge in [-0.1, -0.05) is 41.9 Å². The van der Waals surface area contributed by atoms with Crippen molar-refractivity contribution in [1.82, 2.24) is 5.43 Å². The molecule has 0 spiro atoms. The molecule has 0 unspecified atom stereocenters. The Labute approximate surface area is 135 Å². The summed E-state index contributed by atoms with van der Waals surface area (Å²) in [6.45, 7) is 3.12. The van der Waals surface area contributed by atoms with E-state index in [1.54, 1.807) is 19.4 Å². The van der Waals surface area contributed by atoms with Gasteiger partial charge in [0.25, 0.3) is 0 Å². The Bertz CT molecular complexity index is 630. The number of rotatable bonds is 7. The van der Waals surface area contributed by atoms with Crippen molar-refractivity contribution in [1.29, 1.82) is 0 Å². The highest BCUT2D eigenvalue weighted by Gasteiger charge is 2.10. The first-order valence-electron chi connectivity index (χ1n) is 7.04. The molecule has 0 saturated carbocycles. The van der Waals surface area contributed by atoms with E-state index in [2.05, 4.69) is 10.5 Å². The molecule has 0 aliphatic heterocycles. The summed E-state index contributed by atoms with van der Waals surface area (Å²) in [7, 11) is 1.57. The summed E-state index contributed by atoms with van der Waals surface area (Å²) in [5.41, 5.74) is 5.02. The fourth-order valence-electron chi connectivity index (χ4n) is 1.98. The van der Waals surface area contributed by atoms with Crippen molar-refractivity contribution in [2.24, 2.45) is 5.10 Å². The zero-order valence-corrected chi connectivity index (χ0v) is 13.4. The number of nitrogens with one attached hydrogen (secondary N) is 1. The van der Waals surface area contributed by atoms with Crippen molar-refractivity contribution in [3.63, 3.8) is 0 Å². The molecular formula is C17H19ClN2O2. The zero-order chi connectivity index (χ0) is 15.8. The smallest absolute Gasteiger partial charge is 0.179 e. The maximum Gasteiger partial charge on any atom is 0.179 e. The fourth-order valence-corrected chi connectivity index (χ4v) is 2.27. The molecular weight excluding hydrogens is 300 g/mol. The minimum absolute atomic E-state index is 0.498. The molecule has 0 radical (unpaired) electrons. The van der Waals surface area contributed by atoms with Crippen LogP contribution in [0.2, 0.25) is 5.02 Å². The van der Waals surface area contributed by atoms with Gasteiger partial charge in [0, 0.05) is 0 Å². The van der Waals surface area contributed by atoms with Crippen molar-refractivity contribution in [2.45, 2.75) is 13.5 Å². The monoisotopic (exact) mass is 318 g/mol. The Morgan fingerprint density at radius 3 is 2.68 bits per heavy atom. The van der Waals surface area contributed by atoms with Gasteiger partial charge in [-0.3, -0.25) is 0 Å². The van der Waals surface area contributed by atoms with Crippen molar-refractivity contribution in [2.75, 3.05) is 13.7 Å². The maximum absolute atomic E-state index is 6.19. The molecule has 0 aliphatic carbocycles. The summed E-state index contributed by atoms with van der Waals surface area (Å²) >= 11 is 6.19.